The molecule has 0 saturated carbocycles. The maximum atomic E-state index is 12.7. The zero-order chi connectivity index (χ0) is 25.3. The first kappa shape index (κ1) is 29.2. The smallest absolute Gasteiger partial charge is 0.225 e. The van der Waals surface area contributed by atoms with Gasteiger partial charge in [-0.1, -0.05) is 54.2 Å². The van der Waals surface area contributed by atoms with Crippen LogP contribution in [0.1, 0.15) is 29.8 Å². The van der Waals surface area contributed by atoms with E-state index in [1.165, 1.54) is 5.56 Å². The third-order valence-electron chi connectivity index (χ3n) is 6.16. The summed E-state index contributed by atoms with van der Waals surface area (Å²) in [7, 11) is 1.66. The van der Waals surface area contributed by atoms with Crippen molar-refractivity contribution in [1.29, 1.82) is 0 Å². The summed E-state index contributed by atoms with van der Waals surface area (Å²) in [5.41, 5.74) is 3.23. The van der Waals surface area contributed by atoms with Crippen LogP contribution in [0.15, 0.2) is 77.7 Å². The SMILES string of the molecule is COc1ccc(OCCCN(CCSC)Cc2ccccc2)c(C2Sc3ccccc3N2C(C)=O)c1.Cl. The number of para-hydroxylation sites is 1. The Kier molecular flexibility index (Phi) is 11.5. The number of halogens is 1. The molecule has 1 atom stereocenters. The number of amides is 1. The Balaban J connectivity index is 0.00000380. The van der Waals surface area contributed by atoms with E-state index in [2.05, 4.69) is 47.6 Å². The Hall–Kier alpha value is -2.32. The molecule has 5 nitrogen and oxygen atoms in total. The van der Waals surface area contributed by atoms with Gasteiger partial charge < -0.3 is 9.47 Å². The molecule has 0 aromatic heterocycles. The number of anilines is 1. The first-order valence-electron chi connectivity index (χ1n) is 12.2. The molecule has 1 aliphatic rings. The third kappa shape index (κ3) is 7.60. The Bertz CT molecular complexity index is 1150. The fourth-order valence-electron chi connectivity index (χ4n) is 4.37. The topological polar surface area (TPSA) is 42.0 Å². The van der Waals surface area contributed by atoms with Gasteiger partial charge in [-0.25, -0.2) is 0 Å². The lowest BCUT2D eigenvalue weighted by atomic mass is 10.1. The number of methoxy groups -OCH3 is 1. The lowest BCUT2D eigenvalue weighted by Gasteiger charge is -2.26. The summed E-state index contributed by atoms with van der Waals surface area (Å²) in [6.07, 6.45) is 3.07. The number of hydrogen-bond acceptors (Lipinski definition) is 6. The number of benzene rings is 3. The van der Waals surface area contributed by atoms with Crippen LogP contribution in [0.2, 0.25) is 0 Å². The van der Waals surface area contributed by atoms with Gasteiger partial charge in [0, 0.05) is 42.8 Å². The van der Waals surface area contributed by atoms with Crippen molar-refractivity contribution in [3.8, 4) is 11.5 Å². The van der Waals surface area contributed by atoms with Gasteiger partial charge in [-0.05, 0) is 48.6 Å². The van der Waals surface area contributed by atoms with E-state index in [0.29, 0.717) is 6.61 Å². The van der Waals surface area contributed by atoms with Crippen molar-refractivity contribution in [1.82, 2.24) is 4.90 Å². The maximum absolute atomic E-state index is 12.7. The molecule has 0 spiro atoms. The Morgan fingerprint density at radius 2 is 1.81 bits per heavy atom. The Labute approximate surface area is 235 Å². The van der Waals surface area contributed by atoms with E-state index in [1.807, 2.05) is 53.1 Å². The number of ether oxygens (including phenoxy) is 2. The highest BCUT2D eigenvalue weighted by atomic mass is 35.5. The van der Waals surface area contributed by atoms with Crippen molar-refractivity contribution in [2.75, 3.05) is 43.7 Å². The number of carbonyl (C=O) groups excluding carboxylic acids is 1. The molecule has 1 aliphatic heterocycles. The number of nitrogens with zero attached hydrogens (tertiary/aromatic N) is 2. The summed E-state index contributed by atoms with van der Waals surface area (Å²) in [4.78, 5) is 18.1. The predicted octanol–water partition coefficient (Wildman–Crippen LogP) is 6.91. The van der Waals surface area contributed by atoms with Crippen LogP contribution in [0.4, 0.5) is 5.69 Å². The van der Waals surface area contributed by atoms with Crippen LogP contribution < -0.4 is 14.4 Å². The molecule has 1 unspecified atom stereocenters. The van der Waals surface area contributed by atoms with E-state index < -0.39 is 0 Å². The maximum Gasteiger partial charge on any atom is 0.225 e. The number of rotatable bonds is 12. The second kappa shape index (κ2) is 14.6. The van der Waals surface area contributed by atoms with E-state index in [1.54, 1.807) is 25.8 Å². The van der Waals surface area contributed by atoms with E-state index in [-0.39, 0.29) is 23.7 Å². The quantitative estimate of drug-likeness (QED) is 0.225. The molecular formula is C29H35ClN2O3S2. The molecule has 0 radical (unpaired) electrons. The van der Waals surface area contributed by atoms with Crippen molar-refractivity contribution in [3.63, 3.8) is 0 Å². The molecule has 1 amide bonds. The first-order valence-corrected chi connectivity index (χ1v) is 14.5. The van der Waals surface area contributed by atoms with E-state index in [0.717, 1.165) is 59.5 Å². The van der Waals surface area contributed by atoms with Crippen LogP contribution in [0, 0.1) is 0 Å². The molecule has 4 rings (SSSR count). The predicted molar refractivity (Wildman–Crippen MR) is 159 cm³/mol. The van der Waals surface area contributed by atoms with Gasteiger partial charge in [0.25, 0.3) is 0 Å². The van der Waals surface area contributed by atoms with Crippen molar-refractivity contribution < 1.29 is 14.3 Å². The van der Waals surface area contributed by atoms with Crippen molar-refractivity contribution in [2.45, 2.75) is 30.2 Å². The number of carbonyl (C=O) groups is 1. The highest BCUT2D eigenvalue weighted by molar-refractivity contribution is 8.00. The molecule has 0 fully saturated rings. The van der Waals surface area contributed by atoms with E-state index in [4.69, 9.17) is 9.47 Å². The van der Waals surface area contributed by atoms with Gasteiger partial charge in [0.2, 0.25) is 5.91 Å². The normalized spacial score (nSPS) is 14.3. The summed E-state index contributed by atoms with van der Waals surface area (Å²) in [5.74, 6) is 2.67. The average Bonchev–Trinajstić information content (AvgIpc) is 3.30. The minimum Gasteiger partial charge on any atom is -0.497 e. The lowest BCUT2D eigenvalue weighted by molar-refractivity contribution is -0.116. The zero-order valence-electron chi connectivity index (χ0n) is 21.6. The summed E-state index contributed by atoms with van der Waals surface area (Å²) < 4.78 is 11.9. The summed E-state index contributed by atoms with van der Waals surface area (Å²) >= 11 is 3.55. The molecule has 3 aromatic rings. The molecule has 8 heteroatoms. The second-order valence-corrected chi connectivity index (χ2v) is 10.8. The van der Waals surface area contributed by atoms with Crippen LogP contribution in [0.25, 0.3) is 0 Å². The second-order valence-electron chi connectivity index (χ2n) is 8.69. The first-order chi connectivity index (χ1) is 17.6. The van der Waals surface area contributed by atoms with Gasteiger partial charge in [0.1, 0.15) is 16.9 Å². The van der Waals surface area contributed by atoms with Crippen molar-refractivity contribution in [3.05, 3.63) is 83.9 Å². The van der Waals surface area contributed by atoms with Crippen LogP contribution in [-0.2, 0) is 11.3 Å². The molecule has 37 heavy (non-hydrogen) atoms. The van der Waals surface area contributed by atoms with Gasteiger partial charge in [0.05, 0.1) is 19.4 Å². The average molecular weight is 559 g/mol. The molecule has 0 saturated heterocycles. The van der Waals surface area contributed by atoms with Crippen LogP contribution in [0.5, 0.6) is 11.5 Å². The van der Waals surface area contributed by atoms with Gasteiger partial charge in [-0.3, -0.25) is 14.6 Å². The monoisotopic (exact) mass is 558 g/mol. The highest BCUT2D eigenvalue weighted by Crippen LogP contribution is 2.53. The van der Waals surface area contributed by atoms with Gasteiger partial charge >= 0.3 is 0 Å². The Morgan fingerprint density at radius 3 is 2.54 bits per heavy atom. The zero-order valence-corrected chi connectivity index (χ0v) is 24.0. The Morgan fingerprint density at radius 1 is 1.05 bits per heavy atom. The molecule has 0 bridgehead atoms. The summed E-state index contributed by atoms with van der Waals surface area (Å²) in [6.45, 7) is 5.18. The van der Waals surface area contributed by atoms with Crippen LogP contribution >= 0.6 is 35.9 Å². The third-order valence-corrected chi connectivity index (χ3v) is 8.04. The molecular weight excluding hydrogens is 524 g/mol. The van der Waals surface area contributed by atoms with Crippen molar-refractivity contribution in [2.24, 2.45) is 0 Å². The highest BCUT2D eigenvalue weighted by Gasteiger charge is 2.35. The van der Waals surface area contributed by atoms with Gasteiger partial charge in [-0.15, -0.1) is 12.4 Å². The fraction of sp³-hybridized carbons (Fsp3) is 0.345. The molecule has 0 N–H and O–H groups in total. The van der Waals surface area contributed by atoms with Crippen LogP contribution in [0.3, 0.4) is 0 Å². The molecule has 198 valence electrons. The van der Waals surface area contributed by atoms with E-state index >= 15 is 0 Å². The molecule has 3 aromatic carbocycles. The number of hydrogen-bond donors (Lipinski definition) is 0. The van der Waals surface area contributed by atoms with E-state index in [9.17, 15) is 4.79 Å². The minimum absolute atomic E-state index is 0. The van der Waals surface area contributed by atoms with Crippen LogP contribution in [-0.4, -0.2) is 49.6 Å². The number of fused-ring (bicyclic) bond motifs is 1. The molecule has 0 aliphatic carbocycles. The lowest BCUT2D eigenvalue weighted by Crippen LogP contribution is -2.29. The largest absolute Gasteiger partial charge is 0.497 e. The standard InChI is InChI=1S/C29H34N2O3S2.ClH/c1-22(32)31-26-12-7-8-13-28(26)36-29(31)25-20-24(33-2)14-15-27(25)34-18-9-16-30(17-19-35-3)21-23-10-5-4-6-11-23;/h4-8,10-15,20,29H,9,16-19,21H2,1-3H3;1H. The summed E-state index contributed by atoms with van der Waals surface area (Å²) in [5, 5.41) is -0.193. The number of thioether (sulfide) groups is 2. The van der Waals surface area contributed by atoms with Gasteiger partial charge in [0.15, 0.2) is 0 Å². The van der Waals surface area contributed by atoms with Crippen molar-refractivity contribution >= 4 is 47.5 Å². The van der Waals surface area contributed by atoms with Gasteiger partial charge in [-0.2, -0.15) is 11.8 Å². The summed E-state index contributed by atoms with van der Waals surface area (Å²) in [6, 6.07) is 24.5. The fourth-order valence-corrected chi connectivity index (χ4v) is 6.18. The minimum atomic E-state index is -0.193. The molecule has 1 heterocycles.